The molecule has 2 unspecified atom stereocenters. The number of hydrogen-bond acceptors (Lipinski definition) is 4. The summed E-state index contributed by atoms with van der Waals surface area (Å²) in [5, 5.41) is 14.8. The van der Waals surface area contributed by atoms with Crippen molar-refractivity contribution >= 4 is 29.2 Å². The van der Waals surface area contributed by atoms with Gasteiger partial charge in [0.15, 0.2) is 0 Å². The van der Waals surface area contributed by atoms with Crippen LogP contribution in [0, 0.1) is 17.8 Å². The van der Waals surface area contributed by atoms with E-state index in [1.165, 1.54) is 13.5 Å². The fourth-order valence-electron chi connectivity index (χ4n) is 3.83. The summed E-state index contributed by atoms with van der Waals surface area (Å²) < 4.78 is 5.32. The lowest BCUT2D eigenvalue weighted by molar-refractivity contribution is -0.151. The van der Waals surface area contributed by atoms with Crippen molar-refractivity contribution in [3.63, 3.8) is 0 Å². The topological polar surface area (TPSA) is 105 Å². The zero-order valence-corrected chi connectivity index (χ0v) is 15.5. The molecular weight excluding hydrogens is 348 g/mol. The van der Waals surface area contributed by atoms with E-state index in [4.69, 9.17) is 9.84 Å². The molecule has 146 valence electrons. The van der Waals surface area contributed by atoms with E-state index in [-0.39, 0.29) is 17.7 Å². The normalized spacial score (nSPS) is 22.4. The molecule has 2 aliphatic rings. The van der Waals surface area contributed by atoms with Crippen molar-refractivity contribution in [2.45, 2.75) is 44.9 Å². The summed E-state index contributed by atoms with van der Waals surface area (Å²) in [7, 11) is 1.52. The fourth-order valence-corrected chi connectivity index (χ4v) is 3.83. The van der Waals surface area contributed by atoms with Crippen molar-refractivity contribution in [2.24, 2.45) is 17.8 Å². The maximum atomic E-state index is 12.5. The van der Waals surface area contributed by atoms with Gasteiger partial charge in [0.25, 0.3) is 0 Å². The van der Waals surface area contributed by atoms with Gasteiger partial charge >= 0.3 is 5.97 Å². The number of methoxy groups -OCH3 is 1. The quantitative estimate of drug-likeness (QED) is 0.709. The first kappa shape index (κ1) is 19.2. The molecule has 2 fully saturated rings. The molecule has 0 heterocycles. The van der Waals surface area contributed by atoms with Gasteiger partial charge in [-0.3, -0.25) is 14.4 Å². The second-order valence-electron chi connectivity index (χ2n) is 7.36. The number of amides is 2. The van der Waals surface area contributed by atoms with Crippen LogP contribution >= 0.6 is 0 Å². The molecule has 1 aromatic carbocycles. The first-order valence-corrected chi connectivity index (χ1v) is 9.52. The molecule has 0 bridgehead atoms. The Bertz CT molecular complexity index is 727. The minimum atomic E-state index is -0.934. The molecule has 3 N–H and O–H groups in total. The van der Waals surface area contributed by atoms with E-state index in [0.717, 1.165) is 25.7 Å². The number of ether oxygens (including phenoxy) is 1. The van der Waals surface area contributed by atoms with E-state index >= 15 is 0 Å². The Kier molecular flexibility index (Phi) is 5.98. The van der Waals surface area contributed by atoms with Crippen molar-refractivity contribution in [1.29, 1.82) is 0 Å². The SMILES string of the molecule is COc1ccc(NC(=O)C2CCC2C(=O)O)cc1NC(=O)C1CCCCC1. The average Bonchev–Trinajstić information content (AvgIpc) is 2.61. The molecular formula is C20H26N2O5. The summed E-state index contributed by atoms with van der Waals surface area (Å²) in [6.07, 6.45) is 6.19. The van der Waals surface area contributed by atoms with Gasteiger partial charge in [0.2, 0.25) is 11.8 Å². The van der Waals surface area contributed by atoms with E-state index in [1.807, 2.05) is 0 Å². The van der Waals surface area contributed by atoms with Gasteiger partial charge in [-0.2, -0.15) is 0 Å². The molecule has 27 heavy (non-hydrogen) atoms. The summed E-state index contributed by atoms with van der Waals surface area (Å²) in [6, 6.07) is 5.02. The van der Waals surface area contributed by atoms with Crippen LogP contribution in [0.1, 0.15) is 44.9 Å². The number of carbonyl (C=O) groups excluding carboxylic acids is 2. The van der Waals surface area contributed by atoms with E-state index in [1.54, 1.807) is 18.2 Å². The van der Waals surface area contributed by atoms with Crippen molar-refractivity contribution in [1.82, 2.24) is 0 Å². The molecule has 0 saturated heterocycles. The lowest BCUT2D eigenvalue weighted by Gasteiger charge is -2.32. The molecule has 2 amide bonds. The highest BCUT2D eigenvalue weighted by Gasteiger charge is 2.41. The Hall–Kier alpha value is -2.57. The summed E-state index contributed by atoms with van der Waals surface area (Å²) >= 11 is 0. The molecule has 0 radical (unpaired) electrons. The zero-order valence-electron chi connectivity index (χ0n) is 15.5. The van der Waals surface area contributed by atoms with Gasteiger partial charge in [-0.05, 0) is 43.9 Å². The van der Waals surface area contributed by atoms with E-state index in [2.05, 4.69) is 10.6 Å². The van der Waals surface area contributed by atoms with Crippen molar-refractivity contribution in [2.75, 3.05) is 17.7 Å². The number of carboxylic acids is 1. The van der Waals surface area contributed by atoms with Crippen LogP contribution in [0.4, 0.5) is 11.4 Å². The van der Waals surface area contributed by atoms with Crippen molar-refractivity contribution in [3.8, 4) is 5.75 Å². The summed E-state index contributed by atoms with van der Waals surface area (Å²) in [5.74, 6) is -1.86. The summed E-state index contributed by atoms with van der Waals surface area (Å²) in [5.41, 5.74) is 1.02. The number of benzene rings is 1. The highest BCUT2D eigenvalue weighted by molar-refractivity contribution is 5.98. The average molecular weight is 374 g/mol. The van der Waals surface area contributed by atoms with Gasteiger partial charge in [0.05, 0.1) is 24.6 Å². The lowest BCUT2D eigenvalue weighted by atomic mass is 9.73. The highest BCUT2D eigenvalue weighted by atomic mass is 16.5. The van der Waals surface area contributed by atoms with Crippen LogP contribution in [-0.2, 0) is 14.4 Å². The minimum absolute atomic E-state index is 0.00741. The first-order valence-electron chi connectivity index (χ1n) is 9.52. The van der Waals surface area contributed by atoms with Crippen LogP contribution < -0.4 is 15.4 Å². The molecule has 2 atom stereocenters. The van der Waals surface area contributed by atoms with Crippen molar-refractivity contribution < 1.29 is 24.2 Å². The van der Waals surface area contributed by atoms with Crippen LogP contribution in [0.5, 0.6) is 5.75 Å². The minimum Gasteiger partial charge on any atom is -0.495 e. The third kappa shape index (κ3) is 4.40. The van der Waals surface area contributed by atoms with Crippen LogP contribution in [0.25, 0.3) is 0 Å². The van der Waals surface area contributed by atoms with Crippen LogP contribution in [0.15, 0.2) is 18.2 Å². The second-order valence-corrected chi connectivity index (χ2v) is 7.36. The Labute approximate surface area is 158 Å². The molecule has 3 rings (SSSR count). The van der Waals surface area contributed by atoms with Gasteiger partial charge in [0.1, 0.15) is 5.75 Å². The summed E-state index contributed by atoms with van der Waals surface area (Å²) in [6.45, 7) is 0. The monoisotopic (exact) mass is 374 g/mol. The van der Waals surface area contributed by atoms with Gasteiger partial charge in [0, 0.05) is 11.6 Å². The maximum absolute atomic E-state index is 12.5. The Morgan fingerprint density at radius 3 is 2.26 bits per heavy atom. The Morgan fingerprint density at radius 1 is 0.963 bits per heavy atom. The number of carboxylic acid groups (broad SMARTS) is 1. The number of nitrogens with one attached hydrogen (secondary N) is 2. The predicted molar refractivity (Wildman–Crippen MR) is 101 cm³/mol. The number of carbonyl (C=O) groups is 3. The lowest BCUT2D eigenvalue weighted by Crippen LogP contribution is -2.41. The van der Waals surface area contributed by atoms with Crippen LogP contribution in [0.2, 0.25) is 0 Å². The third-order valence-electron chi connectivity index (χ3n) is 5.63. The van der Waals surface area contributed by atoms with E-state index in [0.29, 0.717) is 30.0 Å². The molecule has 7 nitrogen and oxygen atoms in total. The van der Waals surface area contributed by atoms with E-state index in [9.17, 15) is 14.4 Å². The van der Waals surface area contributed by atoms with Gasteiger partial charge < -0.3 is 20.5 Å². The molecule has 0 aliphatic heterocycles. The molecule has 2 saturated carbocycles. The van der Waals surface area contributed by atoms with Gasteiger partial charge in [-0.15, -0.1) is 0 Å². The van der Waals surface area contributed by atoms with Crippen molar-refractivity contribution in [3.05, 3.63) is 18.2 Å². The fraction of sp³-hybridized carbons (Fsp3) is 0.550. The molecule has 7 heteroatoms. The Morgan fingerprint density at radius 2 is 1.67 bits per heavy atom. The molecule has 0 aromatic heterocycles. The van der Waals surface area contributed by atoms with Crippen LogP contribution in [-0.4, -0.2) is 30.0 Å². The smallest absolute Gasteiger partial charge is 0.307 e. The van der Waals surface area contributed by atoms with E-state index < -0.39 is 17.8 Å². The zero-order chi connectivity index (χ0) is 19.4. The number of hydrogen-bond donors (Lipinski definition) is 3. The number of aliphatic carboxylic acids is 1. The largest absolute Gasteiger partial charge is 0.495 e. The first-order chi connectivity index (χ1) is 13.0. The van der Waals surface area contributed by atoms with Gasteiger partial charge in [-0.25, -0.2) is 0 Å². The number of anilines is 2. The molecule has 2 aliphatic carbocycles. The standard InChI is InChI=1S/C20H26N2O5/c1-27-17-10-7-13(21-19(24)14-8-9-15(14)20(25)26)11-16(17)22-18(23)12-5-3-2-4-6-12/h7,10-12,14-15H,2-6,8-9H2,1H3,(H,21,24)(H,22,23)(H,25,26). The molecule has 1 aromatic rings. The number of rotatable bonds is 6. The second kappa shape index (κ2) is 8.41. The van der Waals surface area contributed by atoms with Gasteiger partial charge in [-0.1, -0.05) is 19.3 Å². The van der Waals surface area contributed by atoms with Crippen LogP contribution in [0.3, 0.4) is 0 Å². The highest BCUT2D eigenvalue weighted by Crippen LogP contribution is 2.36. The molecule has 0 spiro atoms. The summed E-state index contributed by atoms with van der Waals surface area (Å²) in [4.78, 5) is 36.0. The maximum Gasteiger partial charge on any atom is 0.307 e. The predicted octanol–water partition coefficient (Wildman–Crippen LogP) is 3.26. The Balaban J connectivity index is 1.68. The third-order valence-corrected chi connectivity index (χ3v) is 5.63.